The van der Waals surface area contributed by atoms with Crippen LogP contribution in [0.1, 0.15) is 31.9 Å². The van der Waals surface area contributed by atoms with Crippen LogP contribution in [0.2, 0.25) is 0 Å². The highest BCUT2D eigenvalue weighted by Gasteiger charge is 2.14. The van der Waals surface area contributed by atoms with E-state index in [0.29, 0.717) is 11.4 Å². The van der Waals surface area contributed by atoms with Gasteiger partial charge in [0.1, 0.15) is 0 Å². The van der Waals surface area contributed by atoms with Crippen LogP contribution >= 0.6 is 0 Å². The van der Waals surface area contributed by atoms with E-state index in [2.05, 4.69) is 15.8 Å². The summed E-state index contributed by atoms with van der Waals surface area (Å²) in [6.07, 6.45) is -0.732. The zero-order valence-electron chi connectivity index (χ0n) is 15.4. The van der Waals surface area contributed by atoms with E-state index in [0.717, 1.165) is 16.8 Å². The Morgan fingerprint density at radius 1 is 1.00 bits per heavy atom. The number of anilines is 2. The molecule has 0 aliphatic rings. The van der Waals surface area contributed by atoms with Crippen molar-refractivity contribution in [2.45, 2.75) is 33.8 Å². The molecule has 136 valence electrons. The number of nitrogens with one attached hydrogen (secondary N) is 2. The summed E-state index contributed by atoms with van der Waals surface area (Å²) in [6.45, 7) is 6.85. The molecular weight excluding hydrogens is 330 g/mol. The van der Waals surface area contributed by atoms with E-state index >= 15 is 0 Å². The Balaban J connectivity index is 1.94. The minimum atomic E-state index is -0.732. The van der Waals surface area contributed by atoms with E-state index in [9.17, 15) is 9.59 Å². The minimum absolute atomic E-state index is 0.125. The predicted octanol–water partition coefficient (Wildman–Crippen LogP) is 3.72. The molecule has 2 rings (SSSR count). The van der Waals surface area contributed by atoms with Gasteiger partial charge in [0.25, 0.3) is 5.91 Å². The number of rotatable bonds is 6. The van der Waals surface area contributed by atoms with Crippen molar-refractivity contribution in [2.24, 2.45) is 5.16 Å². The molecule has 1 atom stereocenters. The Morgan fingerprint density at radius 2 is 1.69 bits per heavy atom. The number of aryl methyl sites for hydroxylation is 1. The second kappa shape index (κ2) is 8.80. The van der Waals surface area contributed by atoms with E-state index in [1.54, 1.807) is 26.0 Å². The standard InChI is InChI=1S/C20H23N3O3/c1-13-6-5-7-19(12-13)22-20(25)15(3)26-23-14(2)17-8-10-18(11-9-17)21-16(4)24/h5-12,15H,1-4H3,(H,21,24)(H,22,25)/b23-14+. The highest BCUT2D eigenvalue weighted by Crippen LogP contribution is 2.12. The fourth-order valence-electron chi connectivity index (χ4n) is 2.22. The van der Waals surface area contributed by atoms with E-state index in [1.807, 2.05) is 43.3 Å². The molecule has 2 amide bonds. The minimum Gasteiger partial charge on any atom is -0.382 e. The lowest BCUT2D eigenvalue weighted by molar-refractivity contribution is -0.126. The molecule has 0 radical (unpaired) electrons. The van der Waals surface area contributed by atoms with E-state index in [1.165, 1.54) is 6.92 Å². The van der Waals surface area contributed by atoms with Gasteiger partial charge in [-0.25, -0.2) is 0 Å². The Kier molecular flexibility index (Phi) is 6.49. The van der Waals surface area contributed by atoms with Gasteiger partial charge in [-0.2, -0.15) is 0 Å². The van der Waals surface area contributed by atoms with Crippen LogP contribution in [-0.2, 0) is 14.4 Å². The zero-order valence-corrected chi connectivity index (χ0v) is 15.4. The molecule has 2 aromatic carbocycles. The van der Waals surface area contributed by atoms with Crippen molar-refractivity contribution < 1.29 is 14.4 Å². The number of hydrogen-bond acceptors (Lipinski definition) is 4. The summed E-state index contributed by atoms with van der Waals surface area (Å²) in [5.41, 5.74) is 3.97. The second-order valence-corrected chi connectivity index (χ2v) is 6.04. The molecular formula is C20H23N3O3. The number of amides is 2. The van der Waals surface area contributed by atoms with Crippen LogP contribution in [-0.4, -0.2) is 23.6 Å². The molecule has 2 aromatic rings. The summed E-state index contributed by atoms with van der Waals surface area (Å²) in [5.74, 6) is -0.395. The van der Waals surface area contributed by atoms with E-state index in [-0.39, 0.29) is 11.8 Å². The third kappa shape index (κ3) is 5.73. The Morgan fingerprint density at radius 3 is 2.31 bits per heavy atom. The number of oxime groups is 1. The SMILES string of the molecule is CC(=O)Nc1ccc(/C(C)=N/OC(C)C(=O)Nc2cccc(C)c2)cc1. The topological polar surface area (TPSA) is 79.8 Å². The number of carbonyl (C=O) groups excluding carboxylic acids is 2. The molecule has 2 N–H and O–H groups in total. The lowest BCUT2D eigenvalue weighted by Crippen LogP contribution is -2.26. The van der Waals surface area contributed by atoms with Gasteiger partial charge < -0.3 is 15.5 Å². The van der Waals surface area contributed by atoms with Crippen LogP contribution in [0.4, 0.5) is 11.4 Å². The fraction of sp³-hybridized carbons (Fsp3) is 0.250. The lowest BCUT2D eigenvalue weighted by Gasteiger charge is -2.12. The zero-order chi connectivity index (χ0) is 19.1. The summed E-state index contributed by atoms with van der Waals surface area (Å²) in [7, 11) is 0. The molecule has 0 aromatic heterocycles. The molecule has 0 fully saturated rings. The van der Waals surface area contributed by atoms with Crippen molar-refractivity contribution in [3.05, 3.63) is 59.7 Å². The average Bonchev–Trinajstić information content (AvgIpc) is 2.59. The van der Waals surface area contributed by atoms with Crippen LogP contribution < -0.4 is 10.6 Å². The van der Waals surface area contributed by atoms with Gasteiger partial charge in [0.05, 0.1) is 5.71 Å². The van der Waals surface area contributed by atoms with Crippen LogP contribution in [0.25, 0.3) is 0 Å². The Hall–Kier alpha value is -3.15. The van der Waals surface area contributed by atoms with Crippen LogP contribution in [0.15, 0.2) is 53.7 Å². The van der Waals surface area contributed by atoms with Crippen molar-refractivity contribution in [1.82, 2.24) is 0 Å². The summed E-state index contributed by atoms with van der Waals surface area (Å²) < 4.78 is 0. The second-order valence-electron chi connectivity index (χ2n) is 6.04. The quantitative estimate of drug-likeness (QED) is 0.613. The fourth-order valence-corrected chi connectivity index (χ4v) is 2.22. The molecule has 0 bridgehead atoms. The highest BCUT2D eigenvalue weighted by molar-refractivity contribution is 5.99. The monoisotopic (exact) mass is 353 g/mol. The Bertz CT molecular complexity index is 813. The summed E-state index contributed by atoms with van der Waals surface area (Å²) in [4.78, 5) is 28.5. The van der Waals surface area contributed by atoms with Crippen LogP contribution in [0, 0.1) is 6.92 Å². The smallest absolute Gasteiger partial charge is 0.267 e. The molecule has 1 unspecified atom stereocenters. The van der Waals surface area contributed by atoms with E-state index < -0.39 is 6.10 Å². The maximum Gasteiger partial charge on any atom is 0.267 e. The summed E-state index contributed by atoms with van der Waals surface area (Å²) >= 11 is 0. The molecule has 0 heterocycles. The molecule has 0 saturated heterocycles. The number of nitrogens with zero attached hydrogens (tertiary/aromatic N) is 1. The number of carbonyl (C=O) groups is 2. The first kappa shape index (κ1) is 19.2. The molecule has 26 heavy (non-hydrogen) atoms. The van der Waals surface area contributed by atoms with Crippen molar-refractivity contribution >= 4 is 28.9 Å². The molecule has 0 saturated carbocycles. The highest BCUT2D eigenvalue weighted by atomic mass is 16.6. The van der Waals surface area contributed by atoms with Gasteiger partial charge in [-0.15, -0.1) is 0 Å². The predicted molar refractivity (Wildman–Crippen MR) is 103 cm³/mol. The average molecular weight is 353 g/mol. The van der Waals surface area contributed by atoms with Crippen molar-refractivity contribution in [3.8, 4) is 0 Å². The van der Waals surface area contributed by atoms with Gasteiger partial charge in [0.15, 0.2) is 0 Å². The molecule has 0 spiro atoms. The first-order chi connectivity index (χ1) is 12.3. The van der Waals surface area contributed by atoms with Crippen molar-refractivity contribution in [2.75, 3.05) is 10.6 Å². The normalized spacial score (nSPS) is 12.2. The summed E-state index contributed by atoms with van der Waals surface area (Å²) in [6, 6.07) is 14.8. The van der Waals surface area contributed by atoms with Gasteiger partial charge in [0.2, 0.25) is 12.0 Å². The van der Waals surface area contributed by atoms with Crippen molar-refractivity contribution in [1.29, 1.82) is 0 Å². The van der Waals surface area contributed by atoms with Gasteiger partial charge in [-0.05, 0) is 56.2 Å². The van der Waals surface area contributed by atoms with Gasteiger partial charge >= 0.3 is 0 Å². The Labute approximate surface area is 153 Å². The third-order valence-electron chi connectivity index (χ3n) is 3.63. The first-order valence-corrected chi connectivity index (χ1v) is 8.31. The maximum atomic E-state index is 12.2. The third-order valence-corrected chi connectivity index (χ3v) is 3.63. The molecule has 6 heteroatoms. The summed E-state index contributed by atoms with van der Waals surface area (Å²) in [5, 5.41) is 9.53. The number of hydrogen-bond donors (Lipinski definition) is 2. The lowest BCUT2D eigenvalue weighted by atomic mass is 10.1. The van der Waals surface area contributed by atoms with Crippen molar-refractivity contribution in [3.63, 3.8) is 0 Å². The number of benzene rings is 2. The van der Waals surface area contributed by atoms with Crippen LogP contribution in [0.5, 0.6) is 0 Å². The molecule has 6 nitrogen and oxygen atoms in total. The van der Waals surface area contributed by atoms with Crippen LogP contribution in [0.3, 0.4) is 0 Å². The van der Waals surface area contributed by atoms with Gasteiger partial charge in [-0.1, -0.05) is 29.4 Å². The maximum absolute atomic E-state index is 12.2. The first-order valence-electron chi connectivity index (χ1n) is 8.31. The van der Waals surface area contributed by atoms with Gasteiger partial charge in [-0.3, -0.25) is 9.59 Å². The van der Waals surface area contributed by atoms with Gasteiger partial charge in [0, 0.05) is 18.3 Å². The molecule has 0 aliphatic carbocycles. The molecule has 0 aliphatic heterocycles. The largest absolute Gasteiger partial charge is 0.382 e. The van der Waals surface area contributed by atoms with E-state index in [4.69, 9.17) is 4.84 Å².